The molecule has 0 bridgehead atoms. The first kappa shape index (κ1) is 18.0. The van der Waals surface area contributed by atoms with Crippen LogP contribution in [0.3, 0.4) is 0 Å². The minimum Gasteiger partial charge on any atom is -0.341 e. The molecule has 25 heavy (non-hydrogen) atoms. The summed E-state index contributed by atoms with van der Waals surface area (Å²) in [6.07, 6.45) is 4.47. The second-order valence-electron chi connectivity index (χ2n) is 6.27. The van der Waals surface area contributed by atoms with E-state index in [0.717, 1.165) is 43.3 Å². The molecular formula is C18H21ClN4OS. The first-order valence-corrected chi connectivity index (χ1v) is 9.18. The number of amides is 1. The Kier molecular flexibility index (Phi) is 5.49. The Bertz CT molecular complexity index is 750. The van der Waals surface area contributed by atoms with E-state index in [1.165, 1.54) is 4.90 Å². The number of carbonyl (C=O) groups excluding carboxylic acids is 1. The molecular weight excluding hydrogens is 356 g/mol. The van der Waals surface area contributed by atoms with E-state index in [4.69, 9.17) is 0 Å². The van der Waals surface area contributed by atoms with Crippen molar-refractivity contribution in [3.8, 4) is 0 Å². The highest BCUT2D eigenvalue weighted by Crippen LogP contribution is 2.32. The van der Waals surface area contributed by atoms with Crippen molar-refractivity contribution in [2.24, 2.45) is 0 Å². The molecule has 2 aromatic rings. The summed E-state index contributed by atoms with van der Waals surface area (Å²) in [5, 5.41) is 0.641. The van der Waals surface area contributed by atoms with Gasteiger partial charge in [-0.05, 0) is 25.0 Å². The smallest absolute Gasteiger partial charge is 0.232 e. The van der Waals surface area contributed by atoms with Gasteiger partial charge in [-0.25, -0.2) is 4.98 Å². The number of benzene rings is 1. The largest absolute Gasteiger partial charge is 0.341 e. The van der Waals surface area contributed by atoms with E-state index >= 15 is 0 Å². The van der Waals surface area contributed by atoms with Crippen LogP contribution in [0.1, 0.15) is 18.4 Å². The summed E-state index contributed by atoms with van der Waals surface area (Å²) in [5.41, 5.74) is 0.931. The number of anilines is 2. The minimum atomic E-state index is 0. The number of carbonyl (C=O) groups is 1. The Balaban J connectivity index is 0.00000182. The average molecular weight is 377 g/mol. The molecule has 132 valence electrons. The van der Waals surface area contributed by atoms with Crippen molar-refractivity contribution in [1.82, 2.24) is 9.97 Å². The van der Waals surface area contributed by atoms with Gasteiger partial charge in [-0.1, -0.05) is 18.2 Å². The summed E-state index contributed by atoms with van der Waals surface area (Å²) >= 11 is 1.96. The highest BCUT2D eigenvalue weighted by Gasteiger charge is 2.28. The molecule has 2 aliphatic rings. The number of rotatable bonds is 3. The number of piperidine rings is 1. The number of halogens is 1. The molecule has 1 aromatic carbocycles. The van der Waals surface area contributed by atoms with Crippen LogP contribution >= 0.6 is 24.2 Å². The molecule has 0 spiro atoms. The Morgan fingerprint density at radius 2 is 1.88 bits per heavy atom. The van der Waals surface area contributed by atoms with Gasteiger partial charge >= 0.3 is 0 Å². The van der Waals surface area contributed by atoms with Crippen molar-refractivity contribution in [3.63, 3.8) is 0 Å². The van der Waals surface area contributed by atoms with Gasteiger partial charge in [0.15, 0.2) is 0 Å². The Morgan fingerprint density at radius 1 is 1.16 bits per heavy atom. The van der Waals surface area contributed by atoms with Gasteiger partial charge in [0.25, 0.3) is 0 Å². The summed E-state index contributed by atoms with van der Waals surface area (Å²) in [5.74, 6) is 1.61. The van der Waals surface area contributed by atoms with Crippen LogP contribution in [0.25, 0.3) is 0 Å². The number of nitrogens with zero attached hydrogens (tertiary/aromatic N) is 4. The third kappa shape index (κ3) is 3.75. The topological polar surface area (TPSA) is 49.3 Å². The van der Waals surface area contributed by atoms with Gasteiger partial charge in [0.2, 0.25) is 11.9 Å². The van der Waals surface area contributed by atoms with Gasteiger partial charge in [0.1, 0.15) is 5.82 Å². The first-order chi connectivity index (χ1) is 11.7. The second-order valence-corrected chi connectivity index (χ2v) is 7.64. The summed E-state index contributed by atoms with van der Waals surface area (Å²) in [7, 11) is 1.79. The van der Waals surface area contributed by atoms with Crippen molar-refractivity contribution in [2.75, 3.05) is 29.9 Å². The predicted octanol–water partition coefficient (Wildman–Crippen LogP) is 3.18. The van der Waals surface area contributed by atoms with Gasteiger partial charge in [0.05, 0.1) is 6.42 Å². The molecule has 4 rings (SSSR count). The molecule has 0 unspecified atom stereocenters. The predicted molar refractivity (Wildman–Crippen MR) is 104 cm³/mol. The number of aromatic nitrogens is 2. The van der Waals surface area contributed by atoms with Crippen molar-refractivity contribution >= 4 is 41.8 Å². The zero-order valence-corrected chi connectivity index (χ0v) is 15.7. The Morgan fingerprint density at radius 3 is 2.60 bits per heavy atom. The van der Waals surface area contributed by atoms with E-state index in [1.807, 2.05) is 18.0 Å². The monoisotopic (exact) mass is 376 g/mol. The molecule has 1 amide bonds. The van der Waals surface area contributed by atoms with Gasteiger partial charge in [-0.2, -0.15) is 4.98 Å². The number of hydrogen-bond acceptors (Lipinski definition) is 5. The highest BCUT2D eigenvalue weighted by molar-refractivity contribution is 8.00. The first-order valence-electron chi connectivity index (χ1n) is 8.30. The number of hydrogen-bond donors (Lipinski definition) is 0. The quantitative estimate of drug-likeness (QED) is 0.823. The Hall–Kier alpha value is -1.79. The fraction of sp³-hybridized carbons (Fsp3) is 0.389. The molecule has 3 heterocycles. The van der Waals surface area contributed by atoms with Crippen molar-refractivity contribution in [2.45, 2.75) is 29.4 Å². The molecule has 1 saturated heterocycles. The lowest BCUT2D eigenvalue weighted by atomic mass is 10.1. The second kappa shape index (κ2) is 7.62. The summed E-state index contributed by atoms with van der Waals surface area (Å²) in [6, 6.07) is 10.6. The lowest BCUT2D eigenvalue weighted by molar-refractivity contribution is -0.117. The van der Waals surface area contributed by atoms with E-state index in [-0.39, 0.29) is 18.3 Å². The van der Waals surface area contributed by atoms with E-state index in [0.29, 0.717) is 11.7 Å². The van der Waals surface area contributed by atoms with Crippen LogP contribution in [0.2, 0.25) is 0 Å². The maximum atomic E-state index is 11.8. The SMILES string of the molecule is CN1C(=O)Cc2cnc(N3CCC(Sc4ccccc4)CC3)nc21.Cl. The van der Waals surface area contributed by atoms with Gasteiger partial charge in [0, 0.05) is 42.0 Å². The Labute approximate surface area is 158 Å². The highest BCUT2D eigenvalue weighted by atomic mass is 35.5. The van der Waals surface area contributed by atoms with Crippen LogP contribution in [0.15, 0.2) is 41.4 Å². The van der Waals surface area contributed by atoms with Crippen LogP contribution < -0.4 is 9.80 Å². The molecule has 5 nitrogen and oxygen atoms in total. The lowest BCUT2D eigenvalue weighted by Gasteiger charge is -2.32. The maximum Gasteiger partial charge on any atom is 0.232 e. The van der Waals surface area contributed by atoms with Crippen LogP contribution in [0.4, 0.5) is 11.8 Å². The molecule has 0 atom stereocenters. The zero-order chi connectivity index (χ0) is 16.5. The fourth-order valence-corrected chi connectivity index (χ4v) is 4.37. The molecule has 1 fully saturated rings. The normalized spacial score (nSPS) is 17.4. The molecule has 0 aliphatic carbocycles. The fourth-order valence-electron chi connectivity index (χ4n) is 3.22. The molecule has 1 aromatic heterocycles. The maximum absolute atomic E-state index is 11.8. The van der Waals surface area contributed by atoms with E-state index in [2.05, 4.69) is 45.2 Å². The molecule has 7 heteroatoms. The zero-order valence-electron chi connectivity index (χ0n) is 14.1. The lowest BCUT2D eigenvalue weighted by Crippen LogP contribution is -2.36. The van der Waals surface area contributed by atoms with Crippen molar-refractivity contribution in [1.29, 1.82) is 0 Å². The molecule has 2 aliphatic heterocycles. The third-order valence-corrected chi connectivity index (χ3v) is 5.98. The van der Waals surface area contributed by atoms with E-state index in [1.54, 1.807) is 11.9 Å². The number of fused-ring (bicyclic) bond motifs is 1. The van der Waals surface area contributed by atoms with E-state index in [9.17, 15) is 4.79 Å². The van der Waals surface area contributed by atoms with Crippen molar-refractivity contribution in [3.05, 3.63) is 42.1 Å². The van der Waals surface area contributed by atoms with Crippen LogP contribution in [0, 0.1) is 0 Å². The standard InChI is InChI=1S/C18H20N4OS.ClH/c1-21-16(23)11-13-12-19-18(20-17(13)21)22-9-7-15(8-10-22)24-14-5-3-2-4-6-14;/h2-6,12,15H,7-11H2,1H3;1H. The molecule has 0 saturated carbocycles. The summed E-state index contributed by atoms with van der Waals surface area (Å²) in [4.78, 5) is 26.1. The van der Waals surface area contributed by atoms with Crippen LogP contribution in [-0.4, -0.2) is 41.3 Å². The van der Waals surface area contributed by atoms with E-state index < -0.39 is 0 Å². The number of thioether (sulfide) groups is 1. The average Bonchev–Trinajstić information content (AvgIpc) is 2.90. The van der Waals surface area contributed by atoms with Crippen LogP contribution in [-0.2, 0) is 11.2 Å². The van der Waals surface area contributed by atoms with Gasteiger partial charge < -0.3 is 4.90 Å². The van der Waals surface area contributed by atoms with Crippen LogP contribution in [0.5, 0.6) is 0 Å². The summed E-state index contributed by atoms with van der Waals surface area (Å²) in [6.45, 7) is 1.92. The number of likely N-dealkylation sites (N-methyl/N-ethyl adjacent to an activating group) is 1. The summed E-state index contributed by atoms with van der Waals surface area (Å²) < 4.78 is 0. The van der Waals surface area contributed by atoms with Gasteiger partial charge in [-0.3, -0.25) is 9.69 Å². The third-order valence-electron chi connectivity index (χ3n) is 4.63. The molecule has 0 N–H and O–H groups in total. The minimum absolute atomic E-state index is 0. The van der Waals surface area contributed by atoms with Gasteiger partial charge in [-0.15, -0.1) is 24.2 Å². The van der Waals surface area contributed by atoms with Crippen molar-refractivity contribution < 1.29 is 4.79 Å². The molecule has 0 radical (unpaired) electrons.